The Bertz CT molecular complexity index is 594. The SMILES string of the molecule is CC(C)(C)NS(=O)(=O)Nc1ccc(C(N)=S)cc1Cl. The Hall–Kier alpha value is -0.890. The molecule has 1 aromatic carbocycles. The summed E-state index contributed by atoms with van der Waals surface area (Å²) < 4.78 is 28.5. The molecular weight excluding hydrogens is 306 g/mol. The molecule has 0 aliphatic rings. The number of anilines is 1. The van der Waals surface area contributed by atoms with Crippen LogP contribution in [0.25, 0.3) is 0 Å². The van der Waals surface area contributed by atoms with Gasteiger partial charge in [-0.15, -0.1) is 0 Å². The Balaban J connectivity index is 2.98. The Morgan fingerprint density at radius 3 is 2.37 bits per heavy atom. The van der Waals surface area contributed by atoms with Crippen molar-refractivity contribution in [1.29, 1.82) is 0 Å². The van der Waals surface area contributed by atoms with E-state index in [2.05, 4.69) is 9.44 Å². The van der Waals surface area contributed by atoms with Crippen molar-refractivity contribution in [2.45, 2.75) is 26.3 Å². The highest BCUT2D eigenvalue weighted by Crippen LogP contribution is 2.24. The minimum atomic E-state index is -3.70. The third-order valence-electron chi connectivity index (χ3n) is 1.94. The van der Waals surface area contributed by atoms with E-state index in [9.17, 15) is 8.42 Å². The van der Waals surface area contributed by atoms with Gasteiger partial charge in [0.25, 0.3) is 10.2 Å². The molecule has 0 saturated heterocycles. The fourth-order valence-corrected chi connectivity index (χ4v) is 3.06. The average molecular weight is 322 g/mol. The Morgan fingerprint density at radius 2 is 1.95 bits per heavy atom. The lowest BCUT2D eigenvalue weighted by atomic mass is 10.1. The molecule has 0 aromatic heterocycles. The first-order chi connectivity index (χ1) is 8.50. The first-order valence-electron chi connectivity index (χ1n) is 5.41. The second kappa shape index (κ2) is 5.62. The average Bonchev–Trinajstić information content (AvgIpc) is 2.16. The largest absolute Gasteiger partial charge is 0.389 e. The molecule has 0 fully saturated rings. The fourth-order valence-electron chi connectivity index (χ4n) is 1.32. The van der Waals surface area contributed by atoms with Crippen LogP contribution in [0.2, 0.25) is 5.02 Å². The summed E-state index contributed by atoms with van der Waals surface area (Å²) in [5, 5.41) is 0.226. The number of hydrogen-bond donors (Lipinski definition) is 3. The summed E-state index contributed by atoms with van der Waals surface area (Å²) in [6.07, 6.45) is 0. The van der Waals surface area contributed by atoms with Crippen LogP contribution in [0, 0.1) is 0 Å². The van der Waals surface area contributed by atoms with E-state index in [-0.39, 0.29) is 15.7 Å². The topological polar surface area (TPSA) is 84.2 Å². The number of nitrogens with one attached hydrogen (secondary N) is 2. The van der Waals surface area contributed by atoms with Crippen molar-refractivity contribution in [3.63, 3.8) is 0 Å². The molecule has 0 spiro atoms. The molecule has 1 aromatic rings. The minimum absolute atomic E-state index is 0.198. The molecule has 0 saturated carbocycles. The van der Waals surface area contributed by atoms with Crippen LogP contribution in [0.5, 0.6) is 0 Å². The predicted molar refractivity (Wildman–Crippen MR) is 82.8 cm³/mol. The smallest absolute Gasteiger partial charge is 0.299 e. The lowest BCUT2D eigenvalue weighted by molar-refractivity contribution is 0.494. The summed E-state index contributed by atoms with van der Waals surface area (Å²) in [5.41, 5.74) is 5.72. The second-order valence-electron chi connectivity index (χ2n) is 5.02. The van der Waals surface area contributed by atoms with Crippen LogP contribution >= 0.6 is 23.8 Å². The number of nitrogens with two attached hydrogens (primary N) is 1. The summed E-state index contributed by atoms with van der Waals surface area (Å²) in [5.74, 6) is 0. The monoisotopic (exact) mass is 321 g/mol. The van der Waals surface area contributed by atoms with E-state index in [0.717, 1.165) is 0 Å². The standard InChI is InChI=1S/C11H16ClN3O2S2/c1-11(2,3)15-19(16,17)14-9-5-4-7(10(13)18)6-8(9)12/h4-6,14-15H,1-3H3,(H2,13,18). The zero-order valence-corrected chi connectivity index (χ0v) is 13.2. The third kappa shape index (κ3) is 5.32. The fraction of sp³-hybridized carbons (Fsp3) is 0.364. The normalized spacial score (nSPS) is 12.2. The highest BCUT2D eigenvalue weighted by Gasteiger charge is 2.20. The maximum atomic E-state index is 11.9. The van der Waals surface area contributed by atoms with Gasteiger partial charge in [-0.05, 0) is 39.0 Å². The van der Waals surface area contributed by atoms with Gasteiger partial charge in [0.05, 0.1) is 10.7 Å². The summed E-state index contributed by atoms with van der Waals surface area (Å²) >= 11 is 10.8. The highest BCUT2D eigenvalue weighted by molar-refractivity contribution is 7.90. The number of hydrogen-bond acceptors (Lipinski definition) is 3. The zero-order valence-electron chi connectivity index (χ0n) is 10.8. The number of halogens is 1. The minimum Gasteiger partial charge on any atom is -0.389 e. The summed E-state index contributed by atoms with van der Waals surface area (Å²) in [4.78, 5) is 0.198. The van der Waals surface area contributed by atoms with Crippen LogP contribution < -0.4 is 15.2 Å². The van der Waals surface area contributed by atoms with Gasteiger partial charge in [-0.3, -0.25) is 4.72 Å². The summed E-state index contributed by atoms with van der Waals surface area (Å²) in [6.45, 7) is 5.22. The Labute approximate surface area is 123 Å². The molecule has 0 radical (unpaired) electrons. The van der Waals surface area contributed by atoms with Crippen LogP contribution in [0.1, 0.15) is 26.3 Å². The van der Waals surface area contributed by atoms with Crippen LogP contribution in [0.4, 0.5) is 5.69 Å². The van der Waals surface area contributed by atoms with E-state index in [0.29, 0.717) is 5.56 Å². The van der Waals surface area contributed by atoms with Gasteiger partial charge in [-0.1, -0.05) is 23.8 Å². The summed E-state index contributed by atoms with van der Waals surface area (Å²) in [7, 11) is -3.70. The van der Waals surface area contributed by atoms with Crippen molar-refractivity contribution < 1.29 is 8.42 Å². The molecule has 0 heterocycles. The van der Waals surface area contributed by atoms with Crippen LogP contribution in [-0.2, 0) is 10.2 Å². The van der Waals surface area contributed by atoms with Crippen molar-refractivity contribution >= 4 is 44.7 Å². The predicted octanol–water partition coefficient (Wildman–Crippen LogP) is 2.02. The molecule has 106 valence electrons. The van der Waals surface area contributed by atoms with Crippen molar-refractivity contribution in [1.82, 2.24) is 4.72 Å². The number of benzene rings is 1. The molecule has 4 N–H and O–H groups in total. The van der Waals surface area contributed by atoms with Crippen molar-refractivity contribution in [3.8, 4) is 0 Å². The number of thiocarbonyl (C=S) groups is 1. The maximum absolute atomic E-state index is 11.9. The second-order valence-corrected chi connectivity index (χ2v) is 7.28. The van der Waals surface area contributed by atoms with E-state index < -0.39 is 15.7 Å². The Morgan fingerprint density at radius 1 is 1.37 bits per heavy atom. The first kappa shape index (κ1) is 16.2. The molecule has 0 amide bonds. The van der Waals surface area contributed by atoms with Gasteiger partial charge >= 0.3 is 0 Å². The lowest BCUT2D eigenvalue weighted by Crippen LogP contribution is -2.43. The third-order valence-corrected chi connectivity index (χ3v) is 3.86. The van der Waals surface area contributed by atoms with E-state index in [1.54, 1.807) is 26.8 Å². The highest BCUT2D eigenvalue weighted by atomic mass is 35.5. The van der Waals surface area contributed by atoms with E-state index in [4.69, 9.17) is 29.6 Å². The van der Waals surface area contributed by atoms with Gasteiger partial charge in [0.15, 0.2) is 0 Å². The van der Waals surface area contributed by atoms with Gasteiger partial charge < -0.3 is 5.73 Å². The van der Waals surface area contributed by atoms with Gasteiger partial charge in [-0.25, -0.2) is 0 Å². The van der Waals surface area contributed by atoms with E-state index in [1.165, 1.54) is 12.1 Å². The Kier molecular flexibility index (Phi) is 4.78. The molecule has 19 heavy (non-hydrogen) atoms. The molecule has 5 nitrogen and oxygen atoms in total. The van der Waals surface area contributed by atoms with Crippen LogP contribution in [-0.4, -0.2) is 18.9 Å². The van der Waals surface area contributed by atoms with Gasteiger partial charge in [0.1, 0.15) is 4.99 Å². The quantitative estimate of drug-likeness (QED) is 0.741. The molecule has 0 bridgehead atoms. The van der Waals surface area contributed by atoms with Gasteiger partial charge in [0, 0.05) is 11.1 Å². The molecular formula is C11H16ClN3O2S2. The van der Waals surface area contributed by atoms with Gasteiger partial charge in [-0.2, -0.15) is 13.1 Å². The van der Waals surface area contributed by atoms with Gasteiger partial charge in [0.2, 0.25) is 0 Å². The van der Waals surface area contributed by atoms with Crippen molar-refractivity contribution in [2.75, 3.05) is 4.72 Å². The van der Waals surface area contributed by atoms with Crippen molar-refractivity contribution in [3.05, 3.63) is 28.8 Å². The molecule has 0 aliphatic carbocycles. The number of rotatable bonds is 4. The first-order valence-corrected chi connectivity index (χ1v) is 7.68. The van der Waals surface area contributed by atoms with E-state index in [1.807, 2.05) is 0 Å². The van der Waals surface area contributed by atoms with Crippen molar-refractivity contribution in [2.24, 2.45) is 5.73 Å². The zero-order chi connectivity index (χ0) is 14.8. The van der Waals surface area contributed by atoms with Crippen LogP contribution in [0.15, 0.2) is 18.2 Å². The molecule has 1 rings (SSSR count). The molecule has 0 unspecified atom stereocenters. The lowest BCUT2D eigenvalue weighted by Gasteiger charge is -2.21. The molecule has 0 atom stereocenters. The molecule has 8 heteroatoms. The van der Waals surface area contributed by atoms with Crippen LogP contribution in [0.3, 0.4) is 0 Å². The van der Waals surface area contributed by atoms with E-state index >= 15 is 0 Å². The maximum Gasteiger partial charge on any atom is 0.299 e. The molecule has 0 aliphatic heterocycles. The summed E-state index contributed by atoms with van der Waals surface area (Å²) in [6, 6.07) is 4.63.